The van der Waals surface area contributed by atoms with Crippen LogP contribution in [0.4, 0.5) is 0 Å². The van der Waals surface area contributed by atoms with E-state index in [1.165, 1.54) is 17.7 Å². The van der Waals surface area contributed by atoms with E-state index in [1.807, 2.05) is 42.6 Å². The summed E-state index contributed by atoms with van der Waals surface area (Å²) >= 11 is 1.40. The highest BCUT2D eigenvalue weighted by molar-refractivity contribution is 7.17. The molecule has 2 aromatic heterocycles. The molecule has 28 heavy (non-hydrogen) atoms. The molecular weight excluding hydrogens is 374 g/mol. The quantitative estimate of drug-likeness (QED) is 0.574. The number of carbonyl (C=O) groups excluding carboxylic acids is 1. The zero-order valence-electron chi connectivity index (χ0n) is 15.3. The molecule has 7 heteroatoms. The molecule has 4 aromatic rings. The summed E-state index contributed by atoms with van der Waals surface area (Å²) in [6.07, 6.45) is 1.33. The lowest BCUT2D eigenvalue weighted by Gasteiger charge is -2.10. The van der Waals surface area contributed by atoms with Crippen LogP contribution in [-0.4, -0.2) is 22.7 Å². The Morgan fingerprint density at radius 3 is 2.71 bits per heavy atom. The van der Waals surface area contributed by atoms with Crippen molar-refractivity contribution in [2.45, 2.75) is 6.92 Å². The van der Waals surface area contributed by atoms with Gasteiger partial charge in [0.2, 0.25) is 0 Å². The van der Waals surface area contributed by atoms with Gasteiger partial charge in [0.05, 0.1) is 12.5 Å². The second-order valence-corrected chi connectivity index (χ2v) is 7.10. The van der Waals surface area contributed by atoms with Crippen molar-refractivity contribution < 1.29 is 9.53 Å². The van der Waals surface area contributed by atoms with Crippen molar-refractivity contribution in [1.82, 2.24) is 9.66 Å². The van der Waals surface area contributed by atoms with Gasteiger partial charge in [-0.1, -0.05) is 36.4 Å². The minimum atomic E-state index is -0.418. The fourth-order valence-corrected chi connectivity index (χ4v) is 3.88. The lowest BCUT2D eigenvalue weighted by molar-refractivity contribution is 0.101. The smallest absolute Gasteiger partial charge is 0.281 e. The summed E-state index contributed by atoms with van der Waals surface area (Å²) in [5.74, 6) is 0.191. The molecular formula is C21H17N3O3S. The third kappa shape index (κ3) is 3.16. The molecule has 0 unspecified atom stereocenters. The standard InChI is InChI=1S/C21H17N3O3S/c1-13-8-9-15(10-17(13)27-2)19(25)23-24-12-22-20-18(21(24)26)16(11-28-20)14-6-4-3-5-7-14/h3-12H,1-2H3,(H,23,25). The normalized spacial score (nSPS) is 10.8. The second kappa shape index (κ2) is 7.28. The minimum Gasteiger partial charge on any atom is -0.496 e. The number of aryl methyl sites for hydroxylation is 1. The SMILES string of the molecule is COc1cc(C(=O)Nn2cnc3scc(-c4ccccc4)c3c2=O)ccc1C. The van der Waals surface area contributed by atoms with Crippen molar-refractivity contribution in [3.8, 4) is 16.9 Å². The third-order valence-electron chi connectivity index (χ3n) is 4.47. The Bertz CT molecular complexity index is 1230. The van der Waals surface area contributed by atoms with Gasteiger partial charge in [0.15, 0.2) is 0 Å². The number of methoxy groups -OCH3 is 1. The predicted octanol–water partition coefficient (Wildman–Crippen LogP) is 3.83. The monoisotopic (exact) mass is 391 g/mol. The number of ether oxygens (including phenoxy) is 1. The molecule has 0 radical (unpaired) electrons. The highest BCUT2D eigenvalue weighted by Crippen LogP contribution is 2.30. The molecule has 0 saturated heterocycles. The number of hydrogen-bond acceptors (Lipinski definition) is 5. The van der Waals surface area contributed by atoms with Crippen molar-refractivity contribution >= 4 is 27.5 Å². The first-order valence-corrected chi connectivity index (χ1v) is 9.46. The molecule has 0 spiro atoms. The molecule has 0 atom stereocenters. The maximum atomic E-state index is 13.0. The molecule has 0 aliphatic carbocycles. The van der Waals surface area contributed by atoms with E-state index in [1.54, 1.807) is 25.3 Å². The van der Waals surface area contributed by atoms with Gasteiger partial charge in [-0.2, -0.15) is 0 Å². The fourth-order valence-electron chi connectivity index (χ4n) is 2.98. The predicted molar refractivity (Wildman–Crippen MR) is 111 cm³/mol. The van der Waals surface area contributed by atoms with Gasteiger partial charge in [-0.05, 0) is 30.2 Å². The summed E-state index contributed by atoms with van der Waals surface area (Å²) in [5, 5.41) is 2.39. The van der Waals surface area contributed by atoms with Crippen molar-refractivity contribution in [2.75, 3.05) is 12.5 Å². The molecule has 0 saturated carbocycles. The molecule has 0 bridgehead atoms. The topological polar surface area (TPSA) is 73.2 Å². The first-order chi connectivity index (χ1) is 13.6. The van der Waals surface area contributed by atoms with Gasteiger partial charge >= 0.3 is 0 Å². The van der Waals surface area contributed by atoms with E-state index in [4.69, 9.17) is 4.74 Å². The van der Waals surface area contributed by atoms with Crippen LogP contribution in [0.25, 0.3) is 21.3 Å². The van der Waals surface area contributed by atoms with E-state index in [-0.39, 0.29) is 5.56 Å². The van der Waals surface area contributed by atoms with Crippen molar-refractivity contribution in [1.29, 1.82) is 0 Å². The van der Waals surface area contributed by atoms with Crippen LogP contribution >= 0.6 is 11.3 Å². The number of benzene rings is 2. The number of rotatable bonds is 4. The van der Waals surface area contributed by atoms with E-state index < -0.39 is 5.91 Å². The highest BCUT2D eigenvalue weighted by atomic mass is 32.1. The Balaban J connectivity index is 1.73. The zero-order valence-corrected chi connectivity index (χ0v) is 16.1. The molecule has 0 aliphatic heterocycles. The van der Waals surface area contributed by atoms with Crippen LogP contribution in [0.5, 0.6) is 5.75 Å². The maximum Gasteiger partial charge on any atom is 0.281 e. The lowest BCUT2D eigenvalue weighted by atomic mass is 10.1. The van der Waals surface area contributed by atoms with E-state index in [0.29, 0.717) is 21.5 Å². The maximum absolute atomic E-state index is 13.0. The highest BCUT2D eigenvalue weighted by Gasteiger charge is 2.15. The van der Waals surface area contributed by atoms with Gasteiger partial charge in [-0.3, -0.25) is 15.0 Å². The Hall–Kier alpha value is -3.45. The van der Waals surface area contributed by atoms with Crippen LogP contribution < -0.4 is 15.7 Å². The number of hydrogen-bond donors (Lipinski definition) is 1. The molecule has 1 amide bonds. The Morgan fingerprint density at radius 2 is 1.96 bits per heavy atom. The molecule has 2 heterocycles. The first kappa shape index (κ1) is 17.9. The first-order valence-electron chi connectivity index (χ1n) is 8.59. The number of thiophene rings is 1. The molecule has 6 nitrogen and oxygen atoms in total. The van der Waals surface area contributed by atoms with Gasteiger partial charge in [0, 0.05) is 16.5 Å². The number of aromatic nitrogens is 2. The number of carbonyl (C=O) groups is 1. The third-order valence-corrected chi connectivity index (χ3v) is 5.36. The van der Waals surface area contributed by atoms with Crippen molar-refractivity contribution in [2.24, 2.45) is 0 Å². The average molecular weight is 391 g/mol. The van der Waals surface area contributed by atoms with Crippen LogP contribution in [0.15, 0.2) is 65.0 Å². The molecule has 0 fully saturated rings. The summed E-state index contributed by atoms with van der Waals surface area (Å²) in [7, 11) is 1.55. The van der Waals surface area contributed by atoms with Gasteiger partial charge in [0.1, 0.15) is 16.9 Å². The number of amides is 1. The molecule has 4 rings (SSSR count). The van der Waals surface area contributed by atoms with Crippen molar-refractivity contribution in [3.63, 3.8) is 0 Å². The van der Waals surface area contributed by atoms with Gasteiger partial charge in [0.25, 0.3) is 11.5 Å². The molecule has 0 aliphatic rings. The van der Waals surface area contributed by atoms with Crippen LogP contribution in [0.2, 0.25) is 0 Å². The Labute approximate surface area is 165 Å². The molecule has 140 valence electrons. The van der Waals surface area contributed by atoms with E-state index in [2.05, 4.69) is 10.4 Å². The summed E-state index contributed by atoms with van der Waals surface area (Å²) in [6, 6.07) is 14.8. The van der Waals surface area contributed by atoms with Crippen LogP contribution in [0.1, 0.15) is 15.9 Å². The number of nitrogens with zero attached hydrogens (tertiary/aromatic N) is 2. The van der Waals surface area contributed by atoms with Crippen LogP contribution in [0.3, 0.4) is 0 Å². The van der Waals surface area contributed by atoms with Gasteiger partial charge < -0.3 is 4.74 Å². The van der Waals surface area contributed by atoms with E-state index in [9.17, 15) is 9.59 Å². The second-order valence-electron chi connectivity index (χ2n) is 6.24. The summed E-state index contributed by atoms with van der Waals surface area (Å²) in [5.41, 5.74) is 5.34. The Morgan fingerprint density at radius 1 is 1.18 bits per heavy atom. The van der Waals surface area contributed by atoms with Crippen molar-refractivity contribution in [3.05, 3.63) is 81.7 Å². The minimum absolute atomic E-state index is 0.322. The van der Waals surface area contributed by atoms with Gasteiger partial charge in [-0.25, -0.2) is 9.66 Å². The fraction of sp³-hybridized carbons (Fsp3) is 0.0952. The van der Waals surface area contributed by atoms with E-state index in [0.717, 1.165) is 21.4 Å². The van der Waals surface area contributed by atoms with Crippen LogP contribution in [0, 0.1) is 6.92 Å². The average Bonchev–Trinajstić information content (AvgIpc) is 3.16. The van der Waals surface area contributed by atoms with Gasteiger partial charge in [-0.15, -0.1) is 11.3 Å². The Kier molecular flexibility index (Phi) is 4.67. The summed E-state index contributed by atoms with van der Waals surface area (Å²) in [4.78, 5) is 30.6. The largest absolute Gasteiger partial charge is 0.496 e. The molecule has 1 N–H and O–H groups in total. The van der Waals surface area contributed by atoms with E-state index >= 15 is 0 Å². The number of nitrogens with one attached hydrogen (secondary N) is 1. The lowest BCUT2D eigenvalue weighted by Crippen LogP contribution is -2.33. The zero-order chi connectivity index (χ0) is 19.7. The number of fused-ring (bicyclic) bond motifs is 1. The summed E-state index contributed by atoms with van der Waals surface area (Å²) < 4.78 is 6.38. The molecule has 2 aromatic carbocycles. The summed E-state index contributed by atoms with van der Waals surface area (Å²) in [6.45, 7) is 1.89. The van der Waals surface area contributed by atoms with Crippen LogP contribution in [-0.2, 0) is 0 Å².